The van der Waals surface area contributed by atoms with Crippen molar-refractivity contribution in [2.45, 2.75) is 44.7 Å². The molecule has 0 aliphatic carbocycles. The van der Waals surface area contributed by atoms with Crippen LogP contribution in [0.4, 0.5) is 0 Å². The maximum atomic E-state index is 9.20. The van der Waals surface area contributed by atoms with Crippen LogP contribution in [0, 0.1) is 17.2 Å². The van der Waals surface area contributed by atoms with Gasteiger partial charge in [0.05, 0.1) is 6.07 Å². The Morgan fingerprint density at radius 2 is 2.11 bits per heavy atom. The fourth-order valence-electron chi connectivity index (χ4n) is 2.72. The molecule has 0 spiro atoms. The Kier molecular flexibility index (Phi) is 6.07. The van der Waals surface area contributed by atoms with E-state index in [1.165, 1.54) is 12.8 Å². The Hall–Kier alpha value is -0.630. The second-order valence-corrected chi connectivity index (χ2v) is 5.68. The van der Waals surface area contributed by atoms with E-state index in [0.717, 1.165) is 26.1 Å². The smallest absolute Gasteiger partial charge is 0.105 e. The first-order chi connectivity index (χ1) is 8.54. The van der Waals surface area contributed by atoms with Crippen LogP contribution in [0.2, 0.25) is 0 Å². The molecule has 4 nitrogen and oxygen atoms in total. The van der Waals surface area contributed by atoms with Gasteiger partial charge >= 0.3 is 0 Å². The Morgan fingerprint density at radius 3 is 2.56 bits per heavy atom. The van der Waals surface area contributed by atoms with Crippen LogP contribution in [0.3, 0.4) is 0 Å². The number of ether oxygens (including phenoxy) is 1. The minimum atomic E-state index is -0.414. The van der Waals surface area contributed by atoms with Crippen LogP contribution in [0.25, 0.3) is 0 Å². The minimum absolute atomic E-state index is 0.414. The van der Waals surface area contributed by atoms with Crippen molar-refractivity contribution in [1.29, 1.82) is 5.26 Å². The van der Waals surface area contributed by atoms with Crippen molar-refractivity contribution in [2.24, 2.45) is 5.92 Å². The van der Waals surface area contributed by atoms with Crippen molar-refractivity contribution >= 4 is 0 Å². The van der Waals surface area contributed by atoms with Gasteiger partial charge in [-0.05, 0) is 59.2 Å². The Morgan fingerprint density at radius 1 is 1.50 bits per heavy atom. The van der Waals surface area contributed by atoms with Crippen molar-refractivity contribution in [1.82, 2.24) is 10.2 Å². The van der Waals surface area contributed by atoms with Crippen molar-refractivity contribution in [3.63, 3.8) is 0 Å². The Balaban J connectivity index is 2.41. The van der Waals surface area contributed by atoms with E-state index in [2.05, 4.69) is 23.2 Å². The topological polar surface area (TPSA) is 48.3 Å². The molecule has 18 heavy (non-hydrogen) atoms. The third-order valence-corrected chi connectivity index (χ3v) is 4.18. The molecule has 0 saturated carbocycles. The lowest BCUT2D eigenvalue weighted by Gasteiger charge is -2.38. The van der Waals surface area contributed by atoms with Gasteiger partial charge in [0.15, 0.2) is 0 Å². The van der Waals surface area contributed by atoms with Gasteiger partial charge in [-0.25, -0.2) is 0 Å². The second-order valence-electron chi connectivity index (χ2n) is 5.68. The number of likely N-dealkylation sites (tertiary alicyclic amines) is 1. The number of rotatable bonds is 6. The average molecular weight is 253 g/mol. The monoisotopic (exact) mass is 253 g/mol. The molecule has 2 unspecified atom stereocenters. The predicted octanol–water partition coefficient (Wildman–Crippen LogP) is 1.63. The molecule has 1 N–H and O–H groups in total. The number of nitrogens with one attached hydrogen (secondary N) is 1. The number of hydrogen-bond acceptors (Lipinski definition) is 4. The lowest BCUT2D eigenvalue weighted by molar-refractivity contribution is 0.0768. The molecule has 0 amide bonds. The zero-order valence-electron chi connectivity index (χ0n) is 12.2. The normalized spacial score (nSPS) is 23.3. The van der Waals surface area contributed by atoms with Gasteiger partial charge in [0.1, 0.15) is 5.54 Å². The molecule has 1 fully saturated rings. The summed E-state index contributed by atoms with van der Waals surface area (Å²) >= 11 is 0. The maximum absolute atomic E-state index is 9.20. The van der Waals surface area contributed by atoms with Crippen LogP contribution in [0.5, 0.6) is 0 Å². The molecule has 1 aliphatic heterocycles. The number of piperidine rings is 1. The van der Waals surface area contributed by atoms with Gasteiger partial charge in [-0.15, -0.1) is 0 Å². The van der Waals surface area contributed by atoms with Crippen LogP contribution >= 0.6 is 0 Å². The van der Waals surface area contributed by atoms with Gasteiger partial charge in [0.2, 0.25) is 0 Å². The Labute approximate surface area is 111 Å². The van der Waals surface area contributed by atoms with Crippen molar-refractivity contribution in [2.75, 3.05) is 33.9 Å². The zero-order chi connectivity index (χ0) is 13.6. The van der Waals surface area contributed by atoms with Gasteiger partial charge in [-0.3, -0.25) is 0 Å². The summed E-state index contributed by atoms with van der Waals surface area (Å²) in [7, 11) is 3.64. The highest BCUT2D eigenvalue weighted by molar-refractivity contribution is 5.04. The molecule has 0 radical (unpaired) electrons. The number of hydrogen-bond donors (Lipinski definition) is 1. The van der Waals surface area contributed by atoms with E-state index >= 15 is 0 Å². The molecule has 1 saturated heterocycles. The maximum Gasteiger partial charge on any atom is 0.105 e. The van der Waals surface area contributed by atoms with E-state index in [4.69, 9.17) is 4.74 Å². The highest BCUT2D eigenvalue weighted by Crippen LogP contribution is 2.22. The third kappa shape index (κ3) is 4.24. The number of nitrogens with zero attached hydrogens (tertiary/aromatic N) is 2. The molecule has 4 heteroatoms. The molecule has 1 rings (SSSR count). The molecule has 0 bridgehead atoms. The van der Waals surface area contributed by atoms with Crippen LogP contribution < -0.4 is 5.32 Å². The van der Waals surface area contributed by atoms with E-state index in [1.807, 2.05) is 14.0 Å². The van der Waals surface area contributed by atoms with E-state index in [-0.39, 0.29) is 0 Å². The van der Waals surface area contributed by atoms with Crippen molar-refractivity contribution < 1.29 is 4.74 Å². The lowest BCUT2D eigenvalue weighted by Crippen LogP contribution is -2.48. The largest absolute Gasteiger partial charge is 0.384 e. The Bertz CT molecular complexity index is 281. The average Bonchev–Trinajstić information content (AvgIpc) is 2.39. The van der Waals surface area contributed by atoms with Crippen LogP contribution in [-0.2, 0) is 4.74 Å². The van der Waals surface area contributed by atoms with Gasteiger partial charge in [0.25, 0.3) is 0 Å². The summed E-state index contributed by atoms with van der Waals surface area (Å²) in [4.78, 5) is 2.50. The molecule has 0 aromatic rings. The van der Waals surface area contributed by atoms with Crippen LogP contribution in [-0.4, -0.2) is 50.3 Å². The van der Waals surface area contributed by atoms with Gasteiger partial charge < -0.3 is 15.0 Å². The van der Waals surface area contributed by atoms with E-state index < -0.39 is 5.54 Å². The first-order valence-electron chi connectivity index (χ1n) is 6.88. The minimum Gasteiger partial charge on any atom is -0.384 e. The van der Waals surface area contributed by atoms with Gasteiger partial charge in [-0.2, -0.15) is 5.26 Å². The van der Waals surface area contributed by atoms with Crippen LogP contribution in [0.1, 0.15) is 33.1 Å². The highest BCUT2D eigenvalue weighted by atomic mass is 16.5. The molecule has 2 atom stereocenters. The predicted molar refractivity (Wildman–Crippen MR) is 73.3 cm³/mol. The molecule has 0 aromatic carbocycles. The zero-order valence-corrected chi connectivity index (χ0v) is 12.2. The summed E-state index contributed by atoms with van der Waals surface area (Å²) in [6.45, 7) is 7.33. The van der Waals surface area contributed by atoms with Crippen molar-refractivity contribution in [3.8, 4) is 6.07 Å². The summed E-state index contributed by atoms with van der Waals surface area (Å²) in [5, 5.41) is 12.3. The molecule has 104 valence electrons. The van der Waals surface area contributed by atoms with E-state index in [9.17, 15) is 5.26 Å². The first-order valence-corrected chi connectivity index (χ1v) is 6.88. The SMILES string of the molecule is CNC(C)(C#N)CC(C)N1CCC(COC)CC1. The van der Waals surface area contributed by atoms with Crippen molar-refractivity contribution in [3.05, 3.63) is 0 Å². The summed E-state index contributed by atoms with van der Waals surface area (Å²) in [6, 6.07) is 2.82. The summed E-state index contributed by atoms with van der Waals surface area (Å²) in [6.07, 6.45) is 3.29. The number of nitriles is 1. The second kappa shape index (κ2) is 7.08. The van der Waals surface area contributed by atoms with Crippen LogP contribution in [0.15, 0.2) is 0 Å². The molecular formula is C14H27N3O. The first kappa shape index (κ1) is 15.4. The molecular weight excluding hydrogens is 226 g/mol. The quantitative estimate of drug-likeness (QED) is 0.781. The van der Waals surface area contributed by atoms with Gasteiger partial charge in [0, 0.05) is 19.8 Å². The fraction of sp³-hybridized carbons (Fsp3) is 0.929. The third-order valence-electron chi connectivity index (χ3n) is 4.18. The van der Waals surface area contributed by atoms with E-state index in [1.54, 1.807) is 7.11 Å². The lowest BCUT2D eigenvalue weighted by atomic mass is 9.91. The highest BCUT2D eigenvalue weighted by Gasteiger charge is 2.29. The summed E-state index contributed by atoms with van der Waals surface area (Å²) < 4.78 is 5.22. The van der Waals surface area contributed by atoms with Gasteiger partial charge in [-0.1, -0.05) is 0 Å². The molecule has 0 aromatic heterocycles. The molecule has 1 heterocycles. The summed E-state index contributed by atoms with van der Waals surface area (Å²) in [5.74, 6) is 0.713. The van der Waals surface area contributed by atoms with E-state index in [0.29, 0.717) is 12.0 Å². The standard InChI is InChI=1S/C14H27N3O/c1-12(9-14(2,11-15)16-3)17-7-5-13(6-8-17)10-18-4/h12-13,16H,5-10H2,1-4H3. The summed E-state index contributed by atoms with van der Waals surface area (Å²) in [5.41, 5.74) is -0.414. The molecule has 1 aliphatic rings. The fourth-order valence-corrected chi connectivity index (χ4v) is 2.72. The number of methoxy groups -OCH3 is 1.